The van der Waals surface area contributed by atoms with Gasteiger partial charge in [-0.25, -0.2) is 4.79 Å². The number of esters is 1. The van der Waals surface area contributed by atoms with Crippen molar-refractivity contribution < 1.29 is 23.9 Å². The van der Waals surface area contributed by atoms with E-state index in [-0.39, 0.29) is 16.9 Å². The zero-order valence-electron chi connectivity index (χ0n) is 16.0. The fraction of sp³-hybridized carbons (Fsp3) is 0.273. The number of aryl methyl sites for hydroxylation is 1. The Bertz CT molecular complexity index is 913. The molecule has 28 heavy (non-hydrogen) atoms. The molecule has 0 saturated heterocycles. The number of nitrogens with zero attached hydrogens (tertiary/aromatic N) is 1. The molecule has 6 heteroatoms. The summed E-state index contributed by atoms with van der Waals surface area (Å²) >= 11 is 0. The summed E-state index contributed by atoms with van der Waals surface area (Å²) in [5.41, 5.74) is 2.05. The summed E-state index contributed by atoms with van der Waals surface area (Å²) in [4.78, 5) is 50.8. The highest BCUT2D eigenvalue weighted by atomic mass is 16.5. The zero-order valence-corrected chi connectivity index (χ0v) is 16.0. The van der Waals surface area contributed by atoms with Gasteiger partial charge in [-0.15, -0.1) is 0 Å². The van der Waals surface area contributed by atoms with E-state index in [0.717, 1.165) is 16.9 Å². The smallest absolute Gasteiger partial charge is 0.329 e. The molecule has 0 bridgehead atoms. The third-order valence-electron chi connectivity index (χ3n) is 4.86. The van der Waals surface area contributed by atoms with E-state index in [2.05, 4.69) is 0 Å². The minimum atomic E-state index is -1.13. The van der Waals surface area contributed by atoms with Crippen molar-refractivity contribution in [3.05, 3.63) is 70.8 Å². The van der Waals surface area contributed by atoms with Crippen molar-refractivity contribution in [2.24, 2.45) is 0 Å². The third kappa shape index (κ3) is 3.45. The van der Waals surface area contributed by atoms with Crippen molar-refractivity contribution in [3.8, 4) is 0 Å². The zero-order chi connectivity index (χ0) is 20.4. The third-order valence-corrected chi connectivity index (χ3v) is 4.86. The molecule has 1 aliphatic rings. The van der Waals surface area contributed by atoms with Gasteiger partial charge in [-0.2, -0.15) is 0 Å². The maximum absolute atomic E-state index is 12.5. The summed E-state index contributed by atoms with van der Waals surface area (Å²) < 4.78 is 5.26. The highest BCUT2D eigenvalue weighted by Gasteiger charge is 2.41. The van der Waals surface area contributed by atoms with Crippen LogP contribution in [-0.4, -0.2) is 40.6 Å². The number of ether oxygens (including phenoxy) is 1. The lowest BCUT2D eigenvalue weighted by Crippen LogP contribution is -2.45. The summed E-state index contributed by atoms with van der Waals surface area (Å²) in [6.07, 6.45) is -0.172. The molecule has 0 unspecified atom stereocenters. The Morgan fingerprint density at radius 3 is 1.96 bits per heavy atom. The monoisotopic (exact) mass is 379 g/mol. The molecule has 0 aliphatic carbocycles. The normalized spacial score (nSPS) is 15.2. The topological polar surface area (TPSA) is 80.8 Å². The van der Waals surface area contributed by atoms with Crippen LogP contribution in [0.2, 0.25) is 0 Å². The molecule has 144 valence electrons. The molecule has 0 saturated carbocycles. The molecular formula is C22H21NO5. The van der Waals surface area contributed by atoms with Crippen LogP contribution >= 0.6 is 0 Å². The van der Waals surface area contributed by atoms with Crippen LogP contribution < -0.4 is 0 Å². The SMILES string of the molecule is CCc1ccc(C(=O)[C@@H](C)OC(=O)[C@H](C)N2C(=O)c3ccccc3C2=O)cc1. The number of rotatable bonds is 6. The summed E-state index contributed by atoms with van der Waals surface area (Å²) in [7, 11) is 0. The van der Waals surface area contributed by atoms with Gasteiger partial charge in [0.25, 0.3) is 11.8 Å². The highest BCUT2D eigenvalue weighted by Crippen LogP contribution is 2.25. The van der Waals surface area contributed by atoms with Gasteiger partial charge in [0.05, 0.1) is 11.1 Å². The first-order valence-electron chi connectivity index (χ1n) is 9.15. The largest absolute Gasteiger partial charge is 0.453 e. The number of hydrogen-bond acceptors (Lipinski definition) is 5. The van der Waals surface area contributed by atoms with Gasteiger partial charge in [0.15, 0.2) is 6.10 Å². The minimum absolute atomic E-state index is 0.257. The molecule has 0 spiro atoms. The van der Waals surface area contributed by atoms with Gasteiger partial charge < -0.3 is 4.74 Å². The average molecular weight is 379 g/mol. The van der Waals surface area contributed by atoms with Crippen LogP contribution in [0.3, 0.4) is 0 Å². The Morgan fingerprint density at radius 1 is 0.929 bits per heavy atom. The Kier molecular flexibility index (Phi) is 5.40. The molecule has 3 rings (SSSR count). The number of hydrogen-bond donors (Lipinski definition) is 0. The molecule has 2 aromatic carbocycles. The van der Waals surface area contributed by atoms with Gasteiger partial charge in [-0.1, -0.05) is 43.3 Å². The highest BCUT2D eigenvalue weighted by molar-refractivity contribution is 6.22. The Labute approximate surface area is 163 Å². The Hall–Kier alpha value is -3.28. The van der Waals surface area contributed by atoms with Crippen molar-refractivity contribution in [1.82, 2.24) is 4.90 Å². The van der Waals surface area contributed by atoms with Crippen molar-refractivity contribution in [2.45, 2.75) is 39.3 Å². The van der Waals surface area contributed by atoms with Gasteiger partial charge in [-0.05, 0) is 38.0 Å². The number of benzene rings is 2. The number of ketones is 1. The lowest BCUT2D eigenvalue weighted by molar-refractivity contribution is -0.150. The van der Waals surface area contributed by atoms with E-state index in [1.807, 2.05) is 19.1 Å². The molecule has 2 amide bonds. The van der Waals surface area contributed by atoms with Crippen molar-refractivity contribution >= 4 is 23.6 Å². The van der Waals surface area contributed by atoms with Gasteiger partial charge in [0.1, 0.15) is 6.04 Å². The molecule has 0 fully saturated rings. The standard InChI is InChI=1S/C22H21NO5/c1-4-15-9-11-16(12-10-15)19(24)14(3)28-22(27)13(2)23-20(25)17-7-5-6-8-18(17)21(23)26/h5-14H,4H2,1-3H3/t13-,14+/m0/s1. The fourth-order valence-electron chi connectivity index (χ4n) is 3.13. The first kappa shape index (κ1) is 19.5. The van der Waals surface area contributed by atoms with Gasteiger partial charge >= 0.3 is 5.97 Å². The first-order valence-corrected chi connectivity index (χ1v) is 9.15. The van der Waals surface area contributed by atoms with Gasteiger partial charge in [-0.3, -0.25) is 19.3 Å². The maximum atomic E-state index is 12.5. The van der Waals surface area contributed by atoms with Gasteiger partial charge in [0, 0.05) is 5.56 Å². The average Bonchev–Trinajstić information content (AvgIpc) is 2.97. The second kappa shape index (κ2) is 7.76. The van der Waals surface area contributed by atoms with Crippen LogP contribution in [-0.2, 0) is 16.0 Å². The summed E-state index contributed by atoms with van der Waals surface area (Å²) in [5.74, 6) is -2.23. The van der Waals surface area contributed by atoms with Crippen LogP contribution in [0.5, 0.6) is 0 Å². The first-order chi connectivity index (χ1) is 13.3. The van der Waals surface area contributed by atoms with E-state index in [4.69, 9.17) is 4.74 Å². The van der Waals surface area contributed by atoms with Gasteiger partial charge in [0.2, 0.25) is 5.78 Å². The molecule has 1 heterocycles. The second-order valence-electron chi connectivity index (χ2n) is 6.70. The van der Waals surface area contributed by atoms with E-state index < -0.39 is 29.9 Å². The predicted molar refractivity (Wildman–Crippen MR) is 102 cm³/mol. The molecule has 0 N–H and O–H groups in total. The van der Waals surface area contributed by atoms with Crippen LogP contribution in [0.4, 0.5) is 0 Å². The van der Waals surface area contributed by atoms with Crippen LogP contribution in [0.1, 0.15) is 57.4 Å². The number of carbonyl (C=O) groups excluding carboxylic acids is 4. The Balaban J connectivity index is 1.69. The lowest BCUT2D eigenvalue weighted by Gasteiger charge is -2.22. The Morgan fingerprint density at radius 2 is 1.46 bits per heavy atom. The number of imide groups is 1. The molecule has 2 atom stereocenters. The quantitative estimate of drug-likeness (QED) is 0.438. The fourth-order valence-corrected chi connectivity index (χ4v) is 3.13. The summed E-state index contributed by atoms with van der Waals surface area (Å²) in [6, 6.07) is 12.3. The van der Waals surface area contributed by atoms with E-state index >= 15 is 0 Å². The summed E-state index contributed by atoms with van der Waals surface area (Å²) in [5, 5.41) is 0. The van der Waals surface area contributed by atoms with Crippen molar-refractivity contribution in [2.75, 3.05) is 0 Å². The molecular weight excluding hydrogens is 358 g/mol. The van der Waals surface area contributed by atoms with E-state index in [9.17, 15) is 19.2 Å². The molecule has 0 aromatic heterocycles. The van der Waals surface area contributed by atoms with E-state index in [1.165, 1.54) is 13.8 Å². The number of amides is 2. The van der Waals surface area contributed by atoms with Crippen molar-refractivity contribution in [1.29, 1.82) is 0 Å². The molecule has 0 radical (unpaired) electrons. The molecule has 1 aliphatic heterocycles. The van der Waals surface area contributed by atoms with Crippen LogP contribution in [0, 0.1) is 0 Å². The molecule has 6 nitrogen and oxygen atoms in total. The van der Waals surface area contributed by atoms with Crippen LogP contribution in [0.25, 0.3) is 0 Å². The van der Waals surface area contributed by atoms with Crippen molar-refractivity contribution in [3.63, 3.8) is 0 Å². The minimum Gasteiger partial charge on any atom is -0.453 e. The second-order valence-corrected chi connectivity index (χ2v) is 6.70. The number of Topliss-reactive ketones (excluding diaryl/α,β-unsaturated/α-hetero) is 1. The van der Waals surface area contributed by atoms with Crippen LogP contribution in [0.15, 0.2) is 48.5 Å². The predicted octanol–water partition coefficient (Wildman–Crippen LogP) is 3.05. The number of carbonyl (C=O) groups is 4. The van der Waals surface area contributed by atoms with E-state index in [1.54, 1.807) is 36.4 Å². The summed E-state index contributed by atoms with van der Waals surface area (Å²) in [6.45, 7) is 4.90. The maximum Gasteiger partial charge on any atom is 0.329 e. The lowest BCUT2D eigenvalue weighted by atomic mass is 10.0. The van der Waals surface area contributed by atoms with E-state index in [0.29, 0.717) is 5.56 Å². The molecule has 2 aromatic rings. The number of fused-ring (bicyclic) bond motifs is 1.